The lowest BCUT2D eigenvalue weighted by Gasteiger charge is -2.29. The van der Waals surface area contributed by atoms with Crippen LogP contribution in [0.15, 0.2) is 59.5 Å². The summed E-state index contributed by atoms with van der Waals surface area (Å²) in [6, 6.07) is 9.48. The average molecular weight is 356 g/mol. The molecule has 2 rings (SSSR count). The van der Waals surface area contributed by atoms with E-state index in [1.165, 1.54) is 18.1 Å². The molecule has 7 nitrogen and oxygen atoms in total. The lowest BCUT2D eigenvalue weighted by atomic mass is 10.0. The summed E-state index contributed by atoms with van der Waals surface area (Å²) in [5.74, 6) is -1.00. The van der Waals surface area contributed by atoms with E-state index in [4.69, 9.17) is 10.3 Å². The molecule has 128 valence electrons. The average Bonchev–Trinajstić information content (AvgIpc) is 3.10. The summed E-state index contributed by atoms with van der Waals surface area (Å²) >= 11 is 1.14. The van der Waals surface area contributed by atoms with Gasteiger partial charge in [0.1, 0.15) is 4.88 Å². The molecule has 8 heteroatoms. The van der Waals surface area contributed by atoms with Crippen LogP contribution in [0.3, 0.4) is 0 Å². The quantitative estimate of drug-likeness (QED) is 0.244. The Morgan fingerprint density at radius 3 is 2.72 bits per heavy atom. The maximum atomic E-state index is 13.0. The Labute approximate surface area is 148 Å². The Bertz CT molecular complexity index is 812. The number of nitrogens with zero attached hydrogens (tertiary/aromatic N) is 4. The third kappa shape index (κ3) is 4.06. The molecular weight excluding hydrogens is 340 g/mol. The minimum absolute atomic E-state index is 0.126. The zero-order chi connectivity index (χ0) is 18.2. The van der Waals surface area contributed by atoms with E-state index in [1.54, 1.807) is 35.7 Å². The van der Waals surface area contributed by atoms with E-state index in [9.17, 15) is 9.59 Å². The SMILES string of the molecule is C=CCN(C(=O)c1sccc1N=[N+]=[N-])[C@H](C(=O)OC)c1ccccc1. The summed E-state index contributed by atoms with van der Waals surface area (Å²) in [6.07, 6.45) is 1.53. The molecule has 0 aliphatic rings. The van der Waals surface area contributed by atoms with Gasteiger partial charge in [-0.3, -0.25) is 4.79 Å². The molecular formula is C17H16N4O3S. The number of methoxy groups -OCH3 is 1. The van der Waals surface area contributed by atoms with Crippen LogP contribution in [0.1, 0.15) is 21.3 Å². The van der Waals surface area contributed by atoms with Crippen molar-refractivity contribution in [2.75, 3.05) is 13.7 Å². The van der Waals surface area contributed by atoms with Crippen molar-refractivity contribution in [2.45, 2.75) is 6.04 Å². The number of hydrogen-bond acceptors (Lipinski definition) is 5. The summed E-state index contributed by atoms with van der Waals surface area (Å²) in [6.45, 7) is 3.79. The number of amides is 1. The first-order valence-corrected chi connectivity index (χ1v) is 8.19. The molecule has 1 aromatic heterocycles. The highest BCUT2D eigenvalue weighted by Gasteiger charge is 2.33. The highest BCUT2D eigenvalue weighted by molar-refractivity contribution is 7.12. The van der Waals surface area contributed by atoms with Gasteiger partial charge in [-0.15, -0.1) is 17.9 Å². The fourth-order valence-corrected chi connectivity index (χ4v) is 3.14. The van der Waals surface area contributed by atoms with Gasteiger partial charge in [-0.2, -0.15) is 0 Å². The van der Waals surface area contributed by atoms with E-state index in [1.807, 2.05) is 6.07 Å². The lowest BCUT2D eigenvalue weighted by molar-refractivity contribution is -0.146. The van der Waals surface area contributed by atoms with Crippen LogP contribution in [0.5, 0.6) is 0 Å². The summed E-state index contributed by atoms with van der Waals surface area (Å²) < 4.78 is 4.89. The van der Waals surface area contributed by atoms with E-state index < -0.39 is 17.9 Å². The molecule has 0 spiro atoms. The largest absolute Gasteiger partial charge is 0.467 e. The third-order valence-electron chi connectivity index (χ3n) is 3.43. The molecule has 25 heavy (non-hydrogen) atoms. The summed E-state index contributed by atoms with van der Waals surface area (Å²) in [5.41, 5.74) is 9.49. The molecule has 1 aromatic carbocycles. The second-order valence-corrected chi connectivity index (χ2v) is 5.82. The van der Waals surface area contributed by atoms with E-state index in [-0.39, 0.29) is 17.1 Å². The van der Waals surface area contributed by atoms with E-state index in [2.05, 4.69) is 16.6 Å². The number of thiophene rings is 1. The molecule has 0 saturated heterocycles. The maximum Gasteiger partial charge on any atom is 0.333 e. The normalized spacial score (nSPS) is 11.1. The van der Waals surface area contributed by atoms with Crippen LogP contribution in [0.4, 0.5) is 5.69 Å². The molecule has 2 aromatic rings. The Balaban J connectivity index is 2.50. The van der Waals surface area contributed by atoms with Crippen LogP contribution >= 0.6 is 11.3 Å². The zero-order valence-corrected chi connectivity index (χ0v) is 14.3. The number of carbonyl (C=O) groups excluding carboxylic acids is 2. The van der Waals surface area contributed by atoms with Gasteiger partial charge in [0.15, 0.2) is 6.04 Å². The molecule has 0 saturated carbocycles. The van der Waals surface area contributed by atoms with Gasteiger partial charge >= 0.3 is 5.97 Å². The molecule has 1 atom stereocenters. The van der Waals surface area contributed by atoms with E-state index in [0.29, 0.717) is 5.56 Å². The molecule has 1 amide bonds. The van der Waals surface area contributed by atoms with E-state index in [0.717, 1.165) is 11.3 Å². The second kappa shape index (κ2) is 8.68. The summed E-state index contributed by atoms with van der Waals surface area (Å²) in [5, 5.41) is 5.18. The third-order valence-corrected chi connectivity index (χ3v) is 4.32. The van der Waals surface area contributed by atoms with Crippen LogP contribution in [0.25, 0.3) is 10.4 Å². The monoisotopic (exact) mass is 356 g/mol. The van der Waals surface area contributed by atoms with E-state index >= 15 is 0 Å². The standard InChI is InChI=1S/C17H16N4O3S/c1-3-10-21(16(22)15-13(19-20-18)9-11-25-15)14(17(23)24-2)12-7-5-4-6-8-12/h3-9,11,14H,1,10H2,2H3/t14-/m0/s1. The van der Waals surface area contributed by atoms with Crippen molar-refractivity contribution in [3.63, 3.8) is 0 Å². The Morgan fingerprint density at radius 1 is 1.40 bits per heavy atom. The van der Waals surface area contributed by atoms with Crippen molar-refractivity contribution < 1.29 is 14.3 Å². The van der Waals surface area contributed by atoms with Crippen LogP contribution in [0, 0.1) is 0 Å². The minimum atomic E-state index is -0.933. The van der Waals surface area contributed by atoms with Crippen LogP contribution < -0.4 is 0 Å². The zero-order valence-electron chi connectivity index (χ0n) is 13.5. The van der Waals surface area contributed by atoms with Crippen LogP contribution in [-0.4, -0.2) is 30.4 Å². The molecule has 0 bridgehead atoms. The Morgan fingerprint density at radius 2 is 2.12 bits per heavy atom. The van der Waals surface area contributed by atoms with Gasteiger partial charge in [-0.1, -0.05) is 41.5 Å². The predicted octanol–water partition coefficient (Wildman–Crippen LogP) is 4.23. The van der Waals surface area contributed by atoms with Crippen molar-refractivity contribution in [3.05, 3.63) is 75.3 Å². The first-order valence-electron chi connectivity index (χ1n) is 7.31. The highest BCUT2D eigenvalue weighted by atomic mass is 32.1. The number of esters is 1. The Kier molecular flexibility index (Phi) is 6.33. The maximum absolute atomic E-state index is 13.0. The fourth-order valence-electron chi connectivity index (χ4n) is 2.35. The number of ether oxygens (including phenoxy) is 1. The smallest absolute Gasteiger partial charge is 0.333 e. The molecule has 1 heterocycles. The van der Waals surface area contributed by atoms with Gasteiger partial charge in [-0.25, -0.2) is 4.79 Å². The lowest BCUT2D eigenvalue weighted by Crippen LogP contribution is -2.39. The number of carbonyl (C=O) groups is 2. The number of hydrogen-bond donors (Lipinski definition) is 0. The summed E-state index contributed by atoms with van der Waals surface area (Å²) in [7, 11) is 1.27. The molecule has 0 fully saturated rings. The molecule has 0 aliphatic heterocycles. The minimum Gasteiger partial charge on any atom is -0.467 e. The van der Waals surface area contributed by atoms with Crippen molar-refractivity contribution >= 4 is 28.9 Å². The molecule has 0 aliphatic carbocycles. The van der Waals surface area contributed by atoms with Gasteiger partial charge in [0, 0.05) is 11.5 Å². The van der Waals surface area contributed by atoms with Gasteiger partial charge in [0.2, 0.25) is 0 Å². The first-order chi connectivity index (χ1) is 12.1. The molecule has 0 unspecified atom stereocenters. The molecule has 0 N–H and O–H groups in total. The van der Waals surface area contributed by atoms with Crippen LogP contribution in [0.2, 0.25) is 0 Å². The van der Waals surface area contributed by atoms with Crippen molar-refractivity contribution in [3.8, 4) is 0 Å². The van der Waals surface area contributed by atoms with Crippen molar-refractivity contribution in [1.82, 2.24) is 4.90 Å². The number of azide groups is 1. The van der Waals surface area contributed by atoms with Crippen molar-refractivity contribution in [2.24, 2.45) is 5.11 Å². The van der Waals surface area contributed by atoms with Gasteiger partial charge < -0.3 is 9.64 Å². The Hall–Kier alpha value is -3.09. The number of rotatable bonds is 7. The highest BCUT2D eigenvalue weighted by Crippen LogP contribution is 2.31. The summed E-state index contributed by atoms with van der Waals surface area (Å²) in [4.78, 5) is 29.7. The van der Waals surface area contributed by atoms with Crippen LogP contribution in [-0.2, 0) is 9.53 Å². The van der Waals surface area contributed by atoms with Gasteiger partial charge in [-0.05, 0) is 22.5 Å². The molecule has 0 radical (unpaired) electrons. The number of benzene rings is 1. The van der Waals surface area contributed by atoms with Gasteiger partial charge in [0.05, 0.1) is 12.8 Å². The topological polar surface area (TPSA) is 95.4 Å². The van der Waals surface area contributed by atoms with Gasteiger partial charge in [0.25, 0.3) is 5.91 Å². The first kappa shape index (κ1) is 18.3. The second-order valence-electron chi connectivity index (χ2n) is 4.91. The fraction of sp³-hybridized carbons (Fsp3) is 0.176. The predicted molar refractivity (Wildman–Crippen MR) is 95.6 cm³/mol. The van der Waals surface area contributed by atoms with Crippen molar-refractivity contribution in [1.29, 1.82) is 0 Å².